The van der Waals surface area contributed by atoms with Gasteiger partial charge in [-0.25, -0.2) is 0 Å². The summed E-state index contributed by atoms with van der Waals surface area (Å²) in [6.07, 6.45) is 0. The van der Waals surface area contributed by atoms with Crippen molar-refractivity contribution >= 4 is 33.6 Å². The van der Waals surface area contributed by atoms with Crippen LogP contribution in [0, 0.1) is 0 Å². The van der Waals surface area contributed by atoms with Crippen LogP contribution >= 0.6 is 0 Å². The topological polar surface area (TPSA) is 88.0 Å². The van der Waals surface area contributed by atoms with Gasteiger partial charge in [0.1, 0.15) is 0 Å². The van der Waals surface area contributed by atoms with E-state index in [2.05, 4.69) is 10.3 Å². The average molecular weight is 267 g/mol. The summed E-state index contributed by atoms with van der Waals surface area (Å²) in [6.45, 7) is 0. The molecule has 3 rings (SSSR count). The van der Waals surface area contributed by atoms with Gasteiger partial charge in [0.05, 0.1) is 11.1 Å². The molecule has 1 aromatic heterocycles. The quantitative estimate of drug-likeness (QED) is 0.660. The fourth-order valence-electron chi connectivity index (χ4n) is 2.41. The zero-order chi connectivity index (χ0) is 14.3. The summed E-state index contributed by atoms with van der Waals surface area (Å²) in [5, 5.41) is 4.51. The molecular weight excluding hydrogens is 254 g/mol. The summed E-state index contributed by atoms with van der Waals surface area (Å²) in [4.78, 5) is 26.3. The lowest BCUT2D eigenvalue weighted by atomic mass is 10.1. The number of nitrogens with two attached hydrogens (primary N) is 1. The predicted molar refractivity (Wildman–Crippen MR) is 77.7 cm³/mol. The number of rotatable bonds is 2. The number of nitrogens with one attached hydrogen (secondary N) is 2. The molecule has 0 atom stereocenters. The molecule has 0 saturated heterocycles. The Kier molecular flexibility index (Phi) is 2.68. The van der Waals surface area contributed by atoms with Crippen molar-refractivity contribution in [1.82, 2.24) is 10.3 Å². The van der Waals surface area contributed by atoms with Gasteiger partial charge < -0.3 is 16.0 Å². The lowest BCUT2D eigenvalue weighted by Crippen LogP contribution is -2.17. The number of hydrogen-bond donors (Lipinski definition) is 3. The van der Waals surface area contributed by atoms with Crippen LogP contribution in [0.5, 0.6) is 0 Å². The zero-order valence-corrected chi connectivity index (χ0v) is 10.9. The van der Waals surface area contributed by atoms with Gasteiger partial charge in [-0.1, -0.05) is 18.2 Å². The average Bonchev–Trinajstić information content (AvgIpc) is 2.83. The van der Waals surface area contributed by atoms with Crippen molar-refractivity contribution in [1.29, 1.82) is 0 Å². The fourth-order valence-corrected chi connectivity index (χ4v) is 2.41. The number of amides is 2. The van der Waals surface area contributed by atoms with Crippen molar-refractivity contribution < 1.29 is 9.59 Å². The van der Waals surface area contributed by atoms with Gasteiger partial charge in [0.15, 0.2) is 0 Å². The second-order valence-electron chi connectivity index (χ2n) is 4.56. The Bertz CT molecular complexity index is 849. The first kappa shape index (κ1) is 12.2. The molecule has 5 heteroatoms. The van der Waals surface area contributed by atoms with Gasteiger partial charge in [-0.3, -0.25) is 9.59 Å². The molecule has 4 N–H and O–H groups in total. The van der Waals surface area contributed by atoms with E-state index in [0.717, 1.165) is 21.8 Å². The van der Waals surface area contributed by atoms with Crippen molar-refractivity contribution in [3.05, 3.63) is 47.5 Å². The normalized spacial score (nSPS) is 10.8. The number of H-pyrrole nitrogens is 1. The van der Waals surface area contributed by atoms with Crippen LogP contribution in [0.2, 0.25) is 0 Å². The minimum atomic E-state index is -0.475. The van der Waals surface area contributed by atoms with Crippen LogP contribution in [-0.2, 0) is 0 Å². The zero-order valence-electron chi connectivity index (χ0n) is 10.9. The molecule has 2 amide bonds. The minimum Gasteiger partial charge on any atom is -0.366 e. The van der Waals surface area contributed by atoms with Crippen LogP contribution in [0.15, 0.2) is 36.4 Å². The maximum atomic E-state index is 11.9. The molecule has 0 saturated carbocycles. The van der Waals surface area contributed by atoms with Crippen LogP contribution in [0.1, 0.15) is 20.7 Å². The molecule has 2 aromatic carbocycles. The van der Waals surface area contributed by atoms with Crippen molar-refractivity contribution in [2.24, 2.45) is 5.73 Å². The van der Waals surface area contributed by atoms with Crippen LogP contribution < -0.4 is 11.1 Å². The van der Waals surface area contributed by atoms with Gasteiger partial charge in [0.25, 0.3) is 5.91 Å². The number of fused-ring (bicyclic) bond motifs is 3. The molecule has 100 valence electrons. The second-order valence-corrected chi connectivity index (χ2v) is 4.56. The molecule has 5 nitrogen and oxygen atoms in total. The smallest absolute Gasteiger partial charge is 0.253 e. The molecule has 0 aliphatic heterocycles. The Morgan fingerprint density at radius 3 is 2.65 bits per heavy atom. The molecular formula is C15H13N3O2. The largest absolute Gasteiger partial charge is 0.366 e. The standard InChI is InChI=1S/C15H13N3O2/c1-17-15(20)11-4-2-3-10-9-6-5-8(14(16)19)7-12(9)18-13(10)11/h2-7,18H,1H3,(H2,16,19)(H,17,20). The third-order valence-corrected chi connectivity index (χ3v) is 3.39. The number of aromatic amines is 1. The van der Waals surface area contributed by atoms with E-state index < -0.39 is 5.91 Å². The van der Waals surface area contributed by atoms with E-state index in [1.54, 1.807) is 25.2 Å². The SMILES string of the molecule is CNC(=O)c1cccc2c1[nH]c1cc(C(N)=O)ccc12. The molecule has 0 spiro atoms. The number of benzene rings is 2. The van der Waals surface area contributed by atoms with Crippen LogP contribution in [0.3, 0.4) is 0 Å². The van der Waals surface area contributed by atoms with Crippen LogP contribution in [-0.4, -0.2) is 23.8 Å². The van der Waals surface area contributed by atoms with Crippen molar-refractivity contribution in [2.75, 3.05) is 7.05 Å². The molecule has 0 aliphatic rings. The molecule has 1 heterocycles. The summed E-state index contributed by atoms with van der Waals surface area (Å²) in [5.41, 5.74) is 7.83. The van der Waals surface area contributed by atoms with Gasteiger partial charge in [0.2, 0.25) is 5.91 Å². The molecule has 0 unspecified atom stereocenters. The highest BCUT2D eigenvalue weighted by Crippen LogP contribution is 2.28. The highest BCUT2D eigenvalue weighted by Gasteiger charge is 2.13. The summed E-state index contributed by atoms with van der Waals surface area (Å²) in [6, 6.07) is 10.7. The fraction of sp³-hybridized carbons (Fsp3) is 0.0667. The van der Waals surface area contributed by atoms with E-state index in [4.69, 9.17) is 5.73 Å². The molecule has 0 bridgehead atoms. The lowest BCUT2D eigenvalue weighted by Gasteiger charge is -2.00. The Hall–Kier alpha value is -2.82. The predicted octanol–water partition coefficient (Wildman–Crippen LogP) is 1.78. The molecule has 3 aromatic rings. The lowest BCUT2D eigenvalue weighted by molar-refractivity contribution is 0.0962. The van der Waals surface area contributed by atoms with Crippen molar-refractivity contribution in [3.8, 4) is 0 Å². The van der Waals surface area contributed by atoms with Crippen LogP contribution in [0.25, 0.3) is 21.8 Å². The first-order valence-corrected chi connectivity index (χ1v) is 6.18. The molecule has 20 heavy (non-hydrogen) atoms. The summed E-state index contributed by atoms with van der Waals surface area (Å²) < 4.78 is 0. The van der Waals surface area contributed by atoms with Crippen LogP contribution in [0.4, 0.5) is 0 Å². The number of carbonyl (C=O) groups excluding carboxylic acids is 2. The van der Waals surface area contributed by atoms with E-state index in [9.17, 15) is 9.59 Å². The molecule has 0 aliphatic carbocycles. The van der Waals surface area contributed by atoms with E-state index in [-0.39, 0.29) is 5.91 Å². The number of hydrogen-bond acceptors (Lipinski definition) is 2. The van der Waals surface area contributed by atoms with Crippen molar-refractivity contribution in [2.45, 2.75) is 0 Å². The summed E-state index contributed by atoms with van der Waals surface area (Å²) in [7, 11) is 1.59. The third-order valence-electron chi connectivity index (χ3n) is 3.39. The van der Waals surface area contributed by atoms with Gasteiger partial charge in [-0.05, 0) is 18.2 Å². The van der Waals surface area contributed by atoms with E-state index in [0.29, 0.717) is 11.1 Å². The number of primary amides is 1. The molecule has 0 fully saturated rings. The van der Waals surface area contributed by atoms with E-state index in [1.165, 1.54) is 0 Å². The summed E-state index contributed by atoms with van der Waals surface area (Å²) >= 11 is 0. The highest BCUT2D eigenvalue weighted by molar-refractivity contribution is 6.15. The number of carbonyl (C=O) groups is 2. The first-order valence-electron chi connectivity index (χ1n) is 6.18. The summed E-state index contributed by atoms with van der Waals surface area (Å²) in [5.74, 6) is -0.630. The van der Waals surface area contributed by atoms with E-state index >= 15 is 0 Å². The number of aromatic nitrogens is 1. The van der Waals surface area contributed by atoms with Gasteiger partial charge in [0, 0.05) is 28.9 Å². The third kappa shape index (κ3) is 1.72. The van der Waals surface area contributed by atoms with Crippen molar-refractivity contribution in [3.63, 3.8) is 0 Å². The number of para-hydroxylation sites is 1. The Morgan fingerprint density at radius 2 is 1.95 bits per heavy atom. The Labute approximate surface area is 114 Å². The Morgan fingerprint density at radius 1 is 1.15 bits per heavy atom. The minimum absolute atomic E-state index is 0.155. The highest BCUT2D eigenvalue weighted by atomic mass is 16.1. The molecule has 0 radical (unpaired) electrons. The monoisotopic (exact) mass is 267 g/mol. The van der Waals surface area contributed by atoms with Gasteiger partial charge in [-0.15, -0.1) is 0 Å². The van der Waals surface area contributed by atoms with Gasteiger partial charge >= 0.3 is 0 Å². The second kappa shape index (κ2) is 4.38. The van der Waals surface area contributed by atoms with Gasteiger partial charge in [-0.2, -0.15) is 0 Å². The Balaban J connectivity index is 2.35. The maximum Gasteiger partial charge on any atom is 0.253 e. The first-order chi connectivity index (χ1) is 9.61. The van der Waals surface area contributed by atoms with E-state index in [1.807, 2.05) is 18.2 Å². The maximum absolute atomic E-state index is 11.9.